The molecule has 2 unspecified atom stereocenters. The molecule has 1 heterocycles. The van der Waals surface area contributed by atoms with Crippen molar-refractivity contribution in [3.63, 3.8) is 0 Å². The standard InChI is InChI=1S/C6H12NO2P/c7-5(8)6(10)3-1-2-4-9-6/h1-4,10H2,(H2,7,8). The zero-order valence-corrected chi connectivity index (χ0v) is 6.95. The van der Waals surface area contributed by atoms with Crippen LogP contribution in [0.3, 0.4) is 0 Å². The van der Waals surface area contributed by atoms with Gasteiger partial charge in [0.2, 0.25) is 0 Å². The molecule has 1 rings (SSSR count). The molecule has 1 saturated heterocycles. The molecule has 0 aromatic carbocycles. The minimum Gasteiger partial charge on any atom is -0.367 e. The zero-order chi connectivity index (χ0) is 7.61. The summed E-state index contributed by atoms with van der Waals surface area (Å²) in [6.07, 6.45) is 2.78. The third kappa shape index (κ3) is 1.47. The number of primary amides is 1. The van der Waals surface area contributed by atoms with Crippen LogP contribution in [-0.4, -0.2) is 17.9 Å². The Hall–Kier alpha value is -0.140. The molecule has 0 saturated carbocycles. The van der Waals surface area contributed by atoms with E-state index in [1.807, 2.05) is 0 Å². The predicted octanol–water partition coefficient (Wildman–Crippen LogP) is 0.244. The van der Waals surface area contributed by atoms with Gasteiger partial charge in [-0.2, -0.15) is 0 Å². The Morgan fingerprint density at radius 2 is 2.30 bits per heavy atom. The summed E-state index contributed by atoms with van der Waals surface area (Å²) in [6.45, 7) is 0.645. The lowest BCUT2D eigenvalue weighted by molar-refractivity contribution is -0.136. The third-order valence-corrected chi connectivity index (χ3v) is 2.46. The van der Waals surface area contributed by atoms with Gasteiger partial charge in [0.15, 0.2) is 5.34 Å². The van der Waals surface area contributed by atoms with Crippen molar-refractivity contribution in [3.8, 4) is 0 Å². The van der Waals surface area contributed by atoms with Crippen LogP contribution in [-0.2, 0) is 9.53 Å². The van der Waals surface area contributed by atoms with Crippen molar-refractivity contribution >= 4 is 15.1 Å². The topological polar surface area (TPSA) is 52.3 Å². The SMILES string of the molecule is NC(=O)C1(P)CCCCO1. The second-order valence-electron chi connectivity index (χ2n) is 2.56. The number of hydrogen-bond acceptors (Lipinski definition) is 2. The Morgan fingerprint density at radius 3 is 2.60 bits per heavy atom. The molecule has 0 radical (unpaired) electrons. The summed E-state index contributed by atoms with van der Waals surface area (Å²) in [7, 11) is 2.38. The molecular formula is C6H12NO2P. The molecule has 0 bridgehead atoms. The number of rotatable bonds is 1. The average molecular weight is 161 g/mol. The zero-order valence-electron chi connectivity index (χ0n) is 5.80. The first-order valence-electron chi connectivity index (χ1n) is 3.38. The molecule has 1 amide bonds. The second kappa shape index (κ2) is 2.85. The molecule has 0 aromatic heterocycles. The first kappa shape index (κ1) is 7.96. The molecule has 4 heteroatoms. The Labute approximate surface area is 62.5 Å². The van der Waals surface area contributed by atoms with Crippen LogP contribution in [0, 0.1) is 0 Å². The Morgan fingerprint density at radius 1 is 1.60 bits per heavy atom. The molecule has 10 heavy (non-hydrogen) atoms. The monoisotopic (exact) mass is 161 g/mol. The van der Waals surface area contributed by atoms with E-state index in [2.05, 4.69) is 9.24 Å². The smallest absolute Gasteiger partial charge is 0.253 e. The van der Waals surface area contributed by atoms with Gasteiger partial charge in [0.1, 0.15) is 0 Å². The predicted molar refractivity (Wildman–Crippen MR) is 41.4 cm³/mol. The van der Waals surface area contributed by atoms with Gasteiger partial charge in [-0.3, -0.25) is 4.79 Å². The number of hydrogen-bond donors (Lipinski definition) is 1. The van der Waals surface area contributed by atoms with Gasteiger partial charge in [-0.25, -0.2) is 0 Å². The highest BCUT2D eigenvalue weighted by molar-refractivity contribution is 7.20. The third-order valence-electron chi connectivity index (χ3n) is 1.72. The van der Waals surface area contributed by atoms with Crippen molar-refractivity contribution in [3.05, 3.63) is 0 Å². The number of carbonyl (C=O) groups is 1. The number of ether oxygens (including phenoxy) is 1. The van der Waals surface area contributed by atoms with Crippen molar-refractivity contribution in [1.29, 1.82) is 0 Å². The number of amides is 1. The summed E-state index contributed by atoms with van der Waals surface area (Å²) in [4.78, 5) is 10.8. The maximum Gasteiger partial charge on any atom is 0.253 e. The van der Waals surface area contributed by atoms with Crippen molar-refractivity contribution < 1.29 is 9.53 Å². The fraction of sp³-hybridized carbons (Fsp3) is 0.833. The fourth-order valence-corrected chi connectivity index (χ4v) is 1.33. The molecule has 1 aliphatic heterocycles. The molecule has 2 N–H and O–H groups in total. The quantitative estimate of drug-likeness (QED) is 0.560. The van der Waals surface area contributed by atoms with Gasteiger partial charge in [-0.15, -0.1) is 0 Å². The molecule has 0 aliphatic carbocycles. The van der Waals surface area contributed by atoms with Crippen LogP contribution in [0.25, 0.3) is 0 Å². The summed E-state index contributed by atoms with van der Waals surface area (Å²) >= 11 is 0. The lowest BCUT2D eigenvalue weighted by Gasteiger charge is -2.30. The van der Waals surface area contributed by atoms with Crippen LogP contribution < -0.4 is 5.73 Å². The van der Waals surface area contributed by atoms with E-state index >= 15 is 0 Å². The van der Waals surface area contributed by atoms with Crippen molar-refractivity contribution in [2.45, 2.75) is 24.6 Å². The first-order chi connectivity index (χ1) is 4.65. The van der Waals surface area contributed by atoms with Crippen molar-refractivity contribution in [2.24, 2.45) is 5.73 Å². The summed E-state index contributed by atoms with van der Waals surface area (Å²) in [5.41, 5.74) is 5.12. The van der Waals surface area contributed by atoms with E-state index in [0.29, 0.717) is 6.61 Å². The number of nitrogens with two attached hydrogens (primary N) is 1. The first-order valence-corrected chi connectivity index (χ1v) is 3.96. The van der Waals surface area contributed by atoms with E-state index in [9.17, 15) is 4.79 Å². The Balaban J connectivity index is 2.56. The lowest BCUT2D eigenvalue weighted by Crippen LogP contribution is -2.42. The van der Waals surface area contributed by atoms with E-state index in [0.717, 1.165) is 19.3 Å². The van der Waals surface area contributed by atoms with Gasteiger partial charge >= 0.3 is 0 Å². The van der Waals surface area contributed by atoms with Gasteiger partial charge in [-0.1, -0.05) is 9.24 Å². The van der Waals surface area contributed by atoms with Gasteiger partial charge in [-0.05, 0) is 19.3 Å². The van der Waals surface area contributed by atoms with Crippen LogP contribution >= 0.6 is 9.24 Å². The normalized spacial score (nSPS) is 33.7. The minimum absolute atomic E-state index is 0.378. The maximum absolute atomic E-state index is 10.8. The summed E-state index contributed by atoms with van der Waals surface area (Å²) in [5, 5.41) is -0.766. The maximum atomic E-state index is 10.8. The van der Waals surface area contributed by atoms with Gasteiger partial charge in [0.25, 0.3) is 5.91 Å². The van der Waals surface area contributed by atoms with E-state index in [1.165, 1.54) is 0 Å². The van der Waals surface area contributed by atoms with E-state index < -0.39 is 5.34 Å². The Kier molecular flexibility index (Phi) is 2.27. The van der Waals surface area contributed by atoms with E-state index in [4.69, 9.17) is 10.5 Å². The minimum atomic E-state index is -0.766. The summed E-state index contributed by atoms with van der Waals surface area (Å²) in [5.74, 6) is -0.378. The summed E-state index contributed by atoms with van der Waals surface area (Å²) in [6, 6.07) is 0. The second-order valence-corrected chi connectivity index (χ2v) is 3.49. The molecule has 1 fully saturated rings. The fourth-order valence-electron chi connectivity index (χ4n) is 1.01. The largest absolute Gasteiger partial charge is 0.367 e. The van der Waals surface area contributed by atoms with Gasteiger partial charge in [0, 0.05) is 6.61 Å². The molecule has 0 aromatic rings. The van der Waals surface area contributed by atoms with E-state index in [-0.39, 0.29) is 5.91 Å². The highest BCUT2D eigenvalue weighted by Crippen LogP contribution is 2.30. The van der Waals surface area contributed by atoms with Crippen LogP contribution in [0.1, 0.15) is 19.3 Å². The average Bonchev–Trinajstić information content (AvgIpc) is 1.89. The molecule has 1 aliphatic rings. The van der Waals surface area contributed by atoms with Crippen LogP contribution in [0.15, 0.2) is 0 Å². The van der Waals surface area contributed by atoms with Crippen molar-refractivity contribution in [1.82, 2.24) is 0 Å². The number of carbonyl (C=O) groups excluding carboxylic acids is 1. The molecule has 58 valence electrons. The highest BCUT2D eigenvalue weighted by atomic mass is 31.0. The summed E-state index contributed by atoms with van der Waals surface area (Å²) < 4.78 is 5.22. The highest BCUT2D eigenvalue weighted by Gasteiger charge is 2.33. The molecule has 2 atom stereocenters. The van der Waals surface area contributed by atoms with Crippen LogP contribution in [0.5, 0.6) is 0 Å². The van der Waals surface area contributed by atoms with Gasteiger partial charge < -0.3 is 10.5 Å². The molecule has 3 nitrogen and oxygen atoms in total. The van der Waals surface area contributed by atoms with E-state index in [1.54, 1.807) is 0 Å². The Bertz CT molecular complexity index is 143. The van der Waals surface area contributed by atoms with Gasteiger partial charge in [0.05, 0.1) is 0 Å². The van der Waals surface area contributed by atoms with Crippen LogP contribution in [0.4, 0.5) is 0 Å². The van der Waals surface area contributed by atoms with Crippen LogP contribution in [0.2, 0.25) is 0 Å². The lowest BCUT2D eigenvalue weighted by atomic mass is 10.1. The van der Waals surface area contributed by atoms with Crippen molar-refractivity contribution in [2.75, 3.05) is 6.61 Å². The molecular weight excluding hydrogens is 149 g/mol. The molecule has 0 spiro atoms.